The number of aromatic nitrogens is 4. The molecule has 1 amide bonds. The maximum Gasteiger partial charge on any atom is 0.231 e. The fraction of sp³-hybridized carbons (Fsp3) is 0.400. The average Bonchev–Trinajstić information content (AvgIpc) is 3.63. The summed E-state index contributed by atoms with van der Waals surface area (Å²) < 4.78 is 20.6. The SMILES string of the molecule is COc1ncnc(NC2CC2)c1-c1cc2cc(NC(=O)C3CC3F)ncc2n1C. The number of pyridine rings is 1. The molecule has 29 heavy (non-hydrogen) atoms. The van der Waals surface area contributed by atoms with Crippen molar-refractivity contribution in [3.63, 3.8) is 0 Å². The molecule has 8 nitrogen and oxygen atoms in total. The van der Waals surface area contributed by atoms with Crippen LogP contribution in [-0.4, -0.2) is 44.7 Å². The monoisotopic (exact) mass is 396 g/mol. The van der Waals surface area contributed by atoms with Crippen LogP contribution in [0.4, 0.5) is 16.0 Å². The summed E-state index contributed by atoms with van der Waals surface area (Å²) in [7, 11) is 3.52. The minimum Gasteiger partial charge on any atom is -0.480 e. The first-order valence-electron chi connectivity index (χ1n) is 9.61. The molecule has 0 spiro atoms. The molecule has 3 aromatic heterocycles. The van der Waals surface area contributed by atoms with Crippen molar-refractivity contribution in [2.75, 3.05) is 17.7 Å². The second-order valence-electron chi connectivity index (χ2n) is 7.59. The van der Waals surface area contributed by atoms with Crippen molar-refractivity contribution in [1.29, 1.82) is 0 Å². The van der Waals surface area contributed by atoms with Gasteiger partial charge in [0.2, 0.25) is 11.8 Å². The number of carbonyl (C=O) groups excluding carboxylic acids is 1. The highest BCUT2D eigenvalue weighted by atomic mass is 19.1. The number of nitrogens with one attached hydrogen (secondary N) is 2. The van der Waals surface area contributed by atoms with E-state index in [0.29, 0.717) is 17.7 Å². The zero-order valence-electron chi connectivity index (χ0n) is 16.1. The zero-order chi connectivity index (χ0) is 20.1. The largest absolute Gasteiger partial charge is 0.480 e. The minimum atomic E-state index is -1.04. The van der Waals surface area contributed by atoms with Crippen molar-refractivity contribution in [2.24, 2.45) is 13.0 Å². The van der Waals surface area contributed by atoms with Crippen LogP contribution in [0.25, 0.3) is 22.2 Å². The quantitative estimate of drug-likeness (QED) is 0.665. The molecule has 0 saturated heterocycles. The van der Waals surface area contributed by atoms with Gasteiger partial charge < -0.3 is 19.9 Å². The van der Waals surface area contributed by atoms with Gasteiger partial charge in [-0.15, -0.1) is 0 Å². The number of alkyl halides is 1. The molecule has 2 saturated carbocycles. The number of aryl methyl sites for hydroxylation is 1. The molecule has 0 radical (unpaired) electrons. The summed E-state index contributed by atoms with van der Waals surface area (Å²) in [5.41, 5.74) is 2.54. The number of ether oxygens (including phenoxy) is 1. The van der Waals surface area contributed by atoms with Gasteiger partial charge in [-0.1, -0.05) is 0 Å². The Morgan fingerprint density at radius 3 is 2.76 bits per heavy atom. The molecule has 9 heteroatoms. The van der Waals surface area contributed by atoms with Crippen molar-refractivity contribution >= 4 is 28.4 Å². The van der Waals surface area contributed by atoms with Crippen LogP contribution in [0, 0.1) is 5.92 Å². The standard InChI is InChI=1S/C20H21FN6O2/c1-27-14(17-18(25-11-3-4-11)23-9-24-20(17)29-2)5-10-6-16(22-8-15(10)27)26-19(28)12-7-13(12)21/h5-6,8-9,11-13H,3-4,7H2,1-2H3,(H,22,26,28)(H,23,24,25). The maximum absolute atomic E-state index is 13.1. The molecule has 2 unspecified atom stereocenters. The summed E-state index contributed by atoms with van der Waals surface area (Å²) in [6, 6.07) is 4.20. The molecule has 150 valence electrons. The average molecular weight is 396 g/mol. The van der Waals surface area contributed by atoms with Crippen molar-refractivity contribution in [3.8, 4) is 17.1 Å². The highest BCUT2D eigenvalue weighted by Crippen LogP contribution is 2.39. The van der Waals surface area contributed by atoms with E-state index < -0.39 is 12.1 Å². The number of hydrogen-bond acceptors (Lipinski definition) is 6. The molecule has 2 N–H and O–H groups in total. The maximum atomic E-state index is 13.1. The second-order valence-corrected chi connectivity index (χ2v) is 7.59. The van der Waals surface area contributed by atoms with E-state index >= 15 is 0 Å². The van der Waals surface area contributed by atoms with Crippen molar-refractivity contribution in [1.82, 2.24) is 19.5 Å². The van der Waals surface area contributed by atoms with Gasteiger partial charge in [0.05, 0.1) is 30.4 Å². The lowest BCUT2D eigenvalue weighted by Crippen LogP contribution is -2.15. The first-order valence-corrected chi connectivity index (χ1v) is 9.61. The molecule has 2 aliphatic carbocycles. The predicted octanol–water partition coefficient (Wildman–Crippen LogP) is 2.91. The zero-order valence-corrected chi connectivity index (χ0v) is 16.1. The van der Waals surface area contributed by atoms with Crippen LogP contribution >= 0.6 is 0 Å². The summed E-state index contributed by atoms with van der Waals surface area (Å²) >= 11 is 0. The fourth-order valence-electron chi connectivity index (χ4n) is 3.48. The molecule has 0 aromatic carbocycles. The van der Waals surface area contributed by atoms with Crippen LogP contribution in [0.15, 0.2) is 24.7 Å². The number of halogens is 1. The third kappa shape index (κ3) is 3.26. The first kappa shape index (κ1) is 17.8. The number of hydrogen-bond donors (Lipinski definition) is 2. The summed E-state index contributed by atoms with van der Waals surface area (Å²) in [4.78, 5) is 25.0. The van der Waals surface area contributed by atoms with Crippen LogP contribution in [0.1, 0.15) is 19.3 Å². The van der Waals surface area contributed by atoms with Gasteiger partial charge in [0, 0.05) is 18.5 Å². The fourth-order valence-corrected chi connectivity index (χ4v) is 3.48. The lowest BCUT2D eigenvalue weighted by Gasteiger charge is -2.14. The van der Waals surface area contributed by atoms with Gasteiger partial charge in [-0.2, -0.15) is 0 Å². The van der Waals surface area contributed by atoms with Gasteiger partial charge >= 0.3 is 0 Å². The highest BCUT2D eigenvalue weighted by Gasteiger charge is 2.43. The lowest BCUT2D eigenvalue weighted by molar-refractivity contribution is -0.117. The van der Waals surface area contributed by atoms with Gasteiger partial charge in [0.1, 0.15) is 29.7 Å². The van der Waals surface area contributed by atoms with E-state index in [0.717, 1.165) is 40.8 Å². The molecular weight excluding hydrogens is 375 g/mol. The van der Waals surface area contributed by atoms with E-state index in [1.165, 1.54) is 6.33 Å². The number of fused-ring (bicyclic) bond motifs is 1. The third-order valence-corrected chi connectivity index (χ3v) is 5.41. The van der Waals surface area contributed by atoms with E-state index in [9.17, 15) is 9.18 Å². The molecule has 2 fully saturated rings. The number of carbonyl (C=O) groups is 1. The van der Waals surface area contributed by atoms with Crippen molar-refractivity contribution in [2.45, 2.75) is 31.5 Å². The van der Waals surface area contributed by atoms with E-state index in [1.54, 1.807) is 19.4 Å². The van der Waals surface area contributed by atoms with Gasteiger partial charge in [-0.25, -0.2) is 19.3 Å². The number of anilines is 2. The molecule has 3 aromatic rings. The van der Waals surface area contributed by atoms with Crippen LogP contribution in [0.2, 0.25) is 0 Å². The topological polar surface area (TPSA) is 94.0 Å². The van der Waals surface area contributed by atoms with Crippen LogP contribution in [-0.2, 0) is 11.8 Å². The third-order valence-electron chi connectivity index (χ3n) is 5.41. The smallest absolute Gasteiger partial charge is 0.231 e. The Labute approximate surface area is 166 Å². The Hall–Kier alpha value is -3.23. The number of rotatable bonds is 6. The first-order chi connectivity index (χ1) is 14.0. The number of methoxy groups -OCH3 is 1. The molecule has 2 atom stereocenters. The van der Waals surface area contributed by atoms with E-state index in [2.05, 4.69) is 25.6 Å². The van der Waals surface area contributed by atoms with Gasteiger partial charge in [-0.3, -0.25) is 4.79 Å². The summed E-state index contributed by atoms with van der Waals surface area (Å²) in [5.74, 6) is 0.745. The van der Waals surface area contributed by atoms with Crippen LogP contribution in [0.3, 0.4) is 0 Å². The molecule has 3 heterocycles. The summed E-state index contributed by atoms with van der Waals surface area (Å²) in [5, 5.41) is 7.03. The molecule has 0 bridgehead atoms. The molecule has 2 aliphatic rings. The Balaban J connectivity index is 1.54. The Morgan fingerprint density at radius 1 is 1.28 bits per heavy atom. The lowest BCUT2D eigenvalue weighted by atomic mass is 10.2. The predicted molar refractivity (Wildman–Crippen MR) is 107 cm³/mol. The molecular formula is C20H21FN6O2. The van der Waals surface area contributed by atoms with Gasteiger partial charge in [-0.05, 0) is 31.4 Å². The van der Waals surface area contributed by atoms with Crippen LogP contribution in [0.5, 0.6) is 5.88 Å². The van der Waals surface area contributed by atoms with E-state index in [1.807, 2.05) is 17.7 Å². The number of amides is 1. The van der Waals surface area contributed by atoms with E-state index in [4.69, 9.17) is 4.74 Å². The summed E-state index contributed by atoms with van der Waals surface area (Å²) in [6.45, 7) is 0. The van der Waals surface area contributed by atoms with Crippen LogP contribution < -0.4 is 15.4 Å². The molecule has 5 rings (SSSR count). The minimum absolute atomic E-state index is 0.286. The highest BCUT2D eigenvalue weighted by molar-refractivity contribution is 5.97. The normalized spacial score (nSPS) is 20.5. The summed E-state index contributed by atoms with van der Waals surface area (Å²) in [6.07, 6.45) is 4.67. The Bertz CT molecular complexity index is 1110. The van der Waals surface area contributed by atoms with Crippen molar-refractivity contribution in [3.05, 3.63) is 24.7 Å². The Morgan fingerprint density at radius 2 is 2.07 bits per heavy atom. The van der Waals surface area contributed by atoms with Gasteiger partial charge in [0.15, 0.2) is 0 Å². The second kappa shape index (κ2) is 6.68. The van der Waals surface area contributed by atoms with Gasteiger partial charge in [0.25, 0.3) is 0 Å². The van der Waals surface area contributed by atoms with Crippen molar-refractivity contribution < 1.29 is 13.9 Å². The Kier molecular flexibility index (Phi) is 4.11. The van der Waals surface area contributed by atoms with E-state index in [-0.39, 0.29) is 12.3 Å². The molecule has 0 aliphatic heterocycles. The number of nitrogens with zero attached hydrogens (tertiary/aromatic N) is 4.